The lowest BCUT2D eigenvalue weighted by molar-refractivity contribution is -0.136. The second-order valence-electron chi connectivity index (χ2n) is 6.20. The fourth-order valence-electron chi connectivity index (χ4n) is 2.63. The molecule has 5 nitrogen and oxygen atoms in total. The molecular formula is C21H26N2O3. The summed E-state index contributed by atoms with van der Waals surface area (Å²) in [5.74, 6) is -0.172. The minimum absolute atomic E-state index is 0.310. The second-order valence-corrected chi connectivity index (χ2v) is 6.20. The Morgan fingerprint density at radius 2 is 1.73 bits per heavy atom. The number of anilines is 1. The summed E-state index contributed by atoms with van der Waals surface area (Å²) in [6.07, 6.45) is 1.60. The van der Waals surface area contributed by atoms with Crippen LogP contribution in [-0.4, -0.2) is 25.5 Å². The molecule has 0 saturated heterocycles. The molecule has 0 aromatic heterocycles. The molecule has 0 fully saturated rings. The van der Waals surface area contributed by atoms with Crippen molar-refractivity contribution >= 4 is 17.5 Å². The van der Waals surface area contributed by atoms with E-state index in [1.54, 1.807) is 7.11 Å². The van der Waals surface area contributed by atoms with Gasteiger partial charge in [0.15, 0.2) is 0 Å². The van der Waals surface area contributed by atoms with E-state index in [2.05, 4.69) is 24.5 Å². The van der Waals surface area contributed by atoms with E-state index >= 15 is 0 Å². The first-order chi connectivity index (χ1) is 12.5. The van der Waals surface area contributed by atoms with Gasteiger partial charge in [-0.1, -0.05) is 44.2 Å². The third kappa shape index (κ3) is 5.34. The summed E-state index contributed by atoms with van der Waals surface area (Å²) in [4.78, 5) is 24.2. The van der Waals surface area contributed by atoms with E-state index in [1.807, 2.05) is 48.5 Å². The summed E-state index contributed by atoms with van der Waals surface area (Å²) in [5.41, 5.74) is 2.79. The summed E-state index contributed by atoms with van der Waals surface area (Å²) in [5, 5.41) is 5.38. The maximum Gasteiger partial charge on any atom is 0.313 e. The molecule has 138 valence electrons. The molecule has 2 N–H and O–H groups in total. The van der Waals surface area contributed by atoms with Gasteiger partial charge in [0.25, 0.3) is 0 Å². The van der Waals surface area contributed by atoms with Crippen molar-refractivity contribution < 1.29 is 14.3 Å². The van der Waals surface area contributed by atoms with Gasteiger partial charge >= 0.3 is 11.8 Å². The normalized spacial score (nSPS) is 11.5. The van der Waals surface area contributed by atoms with Crippen molar-refractivity contribution in [3.63, 3.8) is 0 Å². The highest BCUT2D eigenvalue weighted by molar-refractivity contribution is 6.39. The molecule has 0 saturated carbocycles. The Labute approximate surface area is 154 Å². The van der Waals surface area contributed by atoms with Crippen LogP contribution in [0.5, 0.6) is 5.75 Å². The van der Waals surface area contributed by atoms with Crippen molar-refractivity contribution in [2.24, 2.45) is 0 Å². The van der Waals surface area contributed by atoms with Crippen LogP contribution in [0.15, 0.2) is 48.5 Å². The van der Waals surface area contributed by atoms with Gasteiger partial charge in [-0.05, 0) is 48.1 Å². The zero-order chi connectivity index (χ0) is 18.9. The number of carbonyl (C=O) groups excluding carboxylic acids is 2. The van der Waals surface area contributed by atoms with Crippen LogP contribution >= 0.6 is 0 Å². The van der Waals surface area contributed by atoms with Crippen LogP contribution in [0.3, 0.4) is 0 Å². The molecule has 1 unspecified atom stereocenters. The van der Waals surface area contributed by atoms with Gasteiger partial charge in [0.1, 0.15) is 5.75 Å². The highest BCUT2D eigenvalue weighted by atomic mass is 16.5. The van der Waals surface area contributed by atoms with Crippen molar-refractivity contribution in [2.75, 3.05) is 19.0 Å². The van der Waals surface area contributed by atoms with Gasteiger partial charge in [-0.25, -0.2) is 0 Å². The van der Waals surface area contributed by atoms with Crippen LogP contribution in [-0.2, 0) is 16.0 Å². The van der Waals surface area contributed by atoms with Crippen LogP contribution in [0.1, 0.15) is 37.3 Å². The third-order valence-corrected chi connectivity index (χ3v) is 4.42. The molecule has 1 atom stereocenters. The van der Waals surface area contributed by atoms with Gasteiger partial charge in [-0.2, -0.15) is 0 Å². The van der Waals surface area contributed by atoms with Crippen LogP contribution in [0.4, 0.5) is 5.69 Å². The smallest absolute Gasteiger partial charge is 0.313 e. The van der Waals surface area contributed by atoms with Crippen LogP contribution in [0.25, 0.3) is 0 Å². The van der Waals surface area contributed by atoms with Crippen molar-refractivity contribution in [3.05, 3.63) is 59.7 Å². The molecule has 2 amide bonds. The van der Waals surface area contributed by atoms with Gasteiger partial charge < -0.3 is 15.4 Å². The lowest BCUT2D eigenvalue weighted by atomic mass is 9.97. The summed E-state index contributed by atoms with van der Waals surface area (Å²) in [6, 6.07) is 15.2. The Kier molecular flexibility index (Phi) is 7.21. The van der Waals surface area contributed by atoms with E-state index in [-0.39, 0.29) is 0 Å². The van der Waals surface area contributed by atoms with Gasteiger partial charge in [-0.3, -0.25) is 9.59 Å². The van der Waals surface area contributed by atoms with Gasteiger partial charge in [0, 0.05) is 12.2 Å². The van der Waals surface area contributed by atoms with E-state index in [0.29, 0.717) is 24.6 Å². The molecule has 0 aliphatic heterocycles. The van der Waals surface area contributed by atoms with Crippen molar-refractivity contribution in [2.45, 2.75) is 32.6 Å². The average molecular weight is 354 g/mol. The number of para-hydroxylation sites is 1. The Morgan fingerprint density at radius 1 is 1.04 bits per heavy atom. The molecule has 0 spiro atoms. The number of benzene rings is 2. The highest BCUT2D eigenvalue weighted by Crippen LogP contribution is 2.26. The summed E-state index contributed by atoms with van der Waals surface area (Å²) in [6.45, 7) is 4.58. The second kappa shape index (κ2) is 9.61. The lowest BCUT2D eigenvalue weighted by Crippen LogP contribution is -2.36. The molecule has 26 heavy (non-hydrogen) atoms. The van der Waals surface area contributed by atoms with E-state index in [4.69, 9.17) is 4.74 Å². The molecule has 0 aliphatic carbocycles. The Bertz CT molecular complexity index is 741. The molecule has 0 aliphatic rings. The maximum atomic E-state index is 12.2. The molecule has 0 bridgehead atoms. The quantitative estimate of drug-likeness (QED) is 0.748. The fourth-order valence-corrected chi connectivity index (χ4v) is 2.63. The molecular weight excluding hydrogens is 328 g/mol. The SMILES string of the molecule is CCC(C)c1ccccc1NC(=O)C(=O)NCCc1ccc(OC)cc1. The topological polar surface area (TPSA) is 67.4 Å². The summed E-state index contributed by atoms with van der Waals surface area (Å²) in [7, 11) is 1.62. The molecule has 2 aromatic rings. The number of ether oxygens (including phenoxy) is 1. The lowest BCUT2D eigenvalue weighted by Gasteiger charge is -2.15. The number of amides is 2. The highest BCUT2D eigenvalue weighted by Gasteiger charge is 2.16. The summed E-state index contributed by atoms with van der Waals surface area (Å²) < 4.78 is 5.11. The Hall–Kier alpha value is -2.82. The van der Waals surface area contributed by atoms with Crippen molar-refractivity contribution in [1.82, 2.24) is 5.32 Å². The van der Waals surface area contributed by atoms with E-state index in [1.165, 1.54) is 0 Å². The van der Waals surface area contributed by atoms with Gasteiger partial charge in [0.2, 0.25) is 0 Å². The number of rotatable bonds is 7. The predicted molar refractivity (Wildman–Crippen MR) is 103 cm³/mol. The van der Waals surface area contributed by atoms with Crippen molar-refractivity contribution in [3.8, 4) is 5.75 Å². The molecule has 2 aromatic carbocycles. The Balaban J connectivity index is 1.87. The zero-order valence-corrected chi connectivity index (χ0v) is 15.5. The number of carbonyl (C=O) groups is 2. The number of hydrogen-bond donors (Lipinski definition) is 2. The fraction of sp³-hybridized carbons (Fsp3) is 0.333. The molecule has 0 heterocycles. The summed E-state index contributed by atoms with van der Waals surface area (Å²) >= 11 is 0. The van der Waals surface area contributed by atoms with E-state index < -0.39 is 11.8 Å². The third-order valence-electron chi connectivity index (χ3n) is 4.42. The van der Waals surface area contributed by atoms with Crippen LogP contribution in [0, 0.1) is 0 Å². The first kappa shape index (κ1) is 19.5. The predicted octanol–water partition coefficient (Wildman–Crippen LogP) is 3.51. The molecule has 2 rings (SSSR count). The van der Waals surface area contributed by atoms with Gasteiger partial charge in [0.05, 0.1) is 7.11 Å². The largest absolute Gasteiger partial charge is 0.497 e. The first-order valence-electron chi connectivity index (χ1n) is 8.86. The minimum Gasteiger partial charge on any atom is -0.497 e. The van der Waals surface area contributed by atoms with Crippen LogP contribution in [0.2, 0.25) is 0 Å². The van der Waals surface area contributed by atoms with E-state index in [9.17, 15) is 9.59 Å². The van der Waals surface area contributed by atoms with Crippen molar-refractivity contribution in [1.29, 1.82) is 0 Å². The monoisotopic (exact) mass is 354 g/mol. The Morgan fingerprint density at radius 3 is 2.38 bits per heavy atom. The maximum absolute atomic E-state index is 12.2. The number of nitrogens with one attached hydrogen (secondary N) is 2. The van der Waals surface area contributed by atoms with Crippen LogP contribution < -0.4 is 15.4 Å². The first-order valence-corrected chi connectivity index (χ1v) is 8.86. The van der Waals surface area contributed by atoms with Gasteiger partial charge in [-0.15, -0.1) is 0 Å². The molecule has 0 radical (unpaired) electrons. The standard InChI is InChI=1S/C21H26N2O3/c1-4-15(2)18-7-5-6-8-19(18)23-21(25)20(24)22-14-13-16-9-11-17(26-3)12-10-16/h5-12,15H,4,13-14H2,1-3H3,(H,22,24)(H,23,25). The zero-order valence-electron chi connectivity index (χ0n) is 15.5. The van der Waals surface area contributed by atoms with E-state index in [0.717, 1.165) is 23.3 Å². The molecule has 5 heteroatoms. The average Bonchev–Trinajstić information content (AvgIpc) is 2.68. The number of methoxy groups -OCH3 is 1. The number of hydrogen-bond acceptors (Lipinski definition) is 3. The minimum atomic E-state index is -0.643.